The molecule has 1 fully saturated rings. The number of ether oxygens (including phenoxy) is 2. The topological polar surface area (TPSA) is 67.5 Å². The van der Waals surface area contributed by atoms with E-state index in [4.69, 9.17) is 14.5 Å². The maximum Gasteiger partial charge on any atom is 0.257 e. The molecule has 1 atom stereocenters. The lowest BCUT2D eigenvalue weighted by Gasteiger charge is -2.32. The summed E-state index contributed by atoms with van der Waals surface area (Å²) in [7, 11) is 3.17. The number of likely N-dealkylation sites (tertiary alicyclic amines) is 1. The van der Waals surface area contributed by atoms with Crippen molar-refractivity contribution < 1.29 is 14.3 Å². The summed E-state index contributed by atoms with van der Waals surface area (Å²) in [6.07, 6.45) is 1.96. The predicted octanol–water partition coefficient (Wildman–Crippen LogP) is 3.60. The molecule has 1 aliphatic rings. The first-order valence-electron chi connectivity index (χ1n) is 9.15. The summed E-state index contributed by atoms with van der Waals surface area (Å²) in [4.78, 5) is 23.2. The van der Waals surface area contributed by atoms with Gasteiger partial charge >= 0.3 is 0 Å². The molecule has 140 valence electrons. The van der Waals surface area contributed by atoms with E-state index >= 15 is 0 Å². The van der Waals surface area contributed by atoms with E-state index in [0.717, 1.165) is 36.2 Å². The van der Waals surface area contributed by atoms with Gasteiger partial charge in [0.15, 0.2) is 0 Å². The lowest BCUT2D eigenvalue weighted by atomic mass is 9.96. The quantitative estimate of drug-likeness (QED) is 0.767. The number of carbonyl (C=O) groups is 1. The molecule has 2 heterocycles. The minimum absolute atomic E-state index is 0.0356. The Morgan fingerprint density at radius 2 is 2.04 bits per heavy atom. The molecular formula is C21H23N3O3. The number of para-hydroxylation sites is 2. The van der Waals surface area contributed by atoms with Gasteiger partial charge in [-0.25, -0.2) is 4.98 Å². The van der Waals surface area contributed by atoms with E-state index in [2.05, 4.69) is 4.98 Å². The fourth-order valence-corrected chi connectivity index (χ4v) is 3.70. The van der Waals surface area contributed by atoms with E-state index in [1.54, 1.807) is 32.4 Å². The molecule has 3 aromatic rings. The largest absolute Gasteiger partial charge is 0.497 e. The number of fused-ring (bicyclic) bond motifs is 1. The molecular weight excluding hydrogens is 342 g/mol. The number of methoxy groups -OCH3 is 2. The zero-order valence-electron chi connectivity index (χ0n) is 15.6. The van der Waals surface area contributed by atoms with Crippen molar-refractivity contribution in [2.45, 2.75) is 18.8 Å². The third-order valence-corrected chi connectivity index (χ3v) is 5.14. The first-order chi connectivity index (χ1) is 13.2. The molecule has 6 heteroatoms. The fourth-order valence-electron chi connectivity index (χ4n) is 3.70. The highest BCUT2D eigenvalue weighted by Gasteiger charge is 2.29. The number of piperidine rings is 1. The van der Waals surface area contributed by atoms with Crippen LogP contribution in [0.15, 0.2) is 42.5 Å². The molecule has 2 aromatic carbocycles. The number of imidazole rings is 1. The Morgan fingerprint density at radius 1 is 1.19 bits per heavy atom. The van der Waals surface area contributed by atoms with Crippen molar-refractivity contribution in [1.82, 2.24) is 14.9 Å². The number of nitrogens with zero attached hydrogens (tertiary/aromatic N) is 2. The average molecular weight is 365 g/mol. The van der Waals surface area contributed by atoms with Crippen molar-refractivity contribution in [3.05, 3.63) is 53.9 Å². The summed E-state index contributed by atoms with van der Waals surface area (Å²) >= 11 is 0. The number of benzene rings is 2. The first-order valence-corrected chi connectivity index (χ1v) is 9.15. The highest BCUT2D eigenvalue weighted by molar-refractivity contribution is 5.97. The second kappa shape index (κ2) is 7.31. The summed E-state index contributed by atoms with van der Waals surface area (Å²) in [5.41, 5.74) is 2.53. The Balaban J connectivity index is 1.58. The molecule has 6 nitrogen and oxygen atoms in total. The minimum atomic E-state index is -0.0356. The third kappa shape index (κ3) is 3.35. The molecule has 0 bridgehead atoms. The Labute approximate surface area is 158 Å². The van der Waals surface area contributed by atoms with Gasteiger partial charge in [0.05, 0.1) is 30.8 Å². The van der Waals surface area contributed by atoms with E-state index < -0.39 is 0 Å². The van der Waals surface area contributed by atoms with Gasteiger partial charge in [0, 0.05) is 19.0 Å². The van der Waals surface area contributed by atoms with Gasteiger partial charge in [-0.1, -0.05) is 12.1 Å². The zero-order valence-corrected chi connectivity index (χ0v) is 15.6. The minimum Gasteiger partial charge on any atom is -0.497 e. The first kappa shape index (κ1) is 17.4. The molecule has 0 saturated carbocycles. The van der Waals surface area contributed by atoms with Gasteiger partial charge in [0.1, 0.15) is 17.3 Å². The number of H-pyrrole nitrogens is 1. The van der Waals surface area contributed by atoms with Crippen LogP contribution in [0.25, 0.3) is 11.0 Å². The molecule has 1 amide bonds. The molecule has 4 rings (SSSR count). The van der Waals surface area contributed by atoms with Gasteiger partial charge in [-0.2, -0.15) is 0 Å². The van der Waals surface area contributed by atoms with E-state index in [1.807, 2.05) is 29.2 Å². The van der Waals surface area contributed by atoms with E-state index in [0.29, 0.717) is 23.6 Å². The summed E-state index contributed by atoms with van der Waals surface area (Å²) < 4.78 is 10.7. The van der Waals surface area contributed by atoms with Crippen LogP contribution in [0.3, 0.4) is 0 Å². The molecule has 1 N–H and O–H groups in total. The lowest BCUT2D eigenvalue weighted by Crippen LogP contribution is -2.39. The number of carbonyl (C=O) groups excluding carboxylic acids is 1. The molecule has 1 saturated heterocycles. The third-order valence-electron chi connectivity index (χ3n) is 5.14. The van der Waals surface area contributed by atoms with E-state index in [-0.39, 0.29) is 11.8 Å². The Bertz CT molecular complexity index is 933. The highest BCUT2D eigenvalue weighted by Crippen LogP contribution is 2.30. The lowest BCUT2D eigenvalue weighted by molar-refractivity contribution is 0.0701. The van der Waals surface area contributed by atoms with Gasteiger partial charge in [0.2, 0.25) is 0 Å². The van der Waals surface area contributed by atoms with Crippen molar-refractivity contribution in [2.75, 3.05) is 27.3 Å². The normalized spacial score (nSPS) is 17.1. The van der Waals surface area contributed by atoms with Crippen LogP contribution in [0.1, 0.15) is 34.9 Å². The van der Waals surface area contributed by atoms with Crippen molar-refractivity contribution in [1.29, 1.82) is 0 Å². The summed E-state index contributed by atoms with van der Waals surface area (Å²) in [5.74, 6) is 2.32. The Morgan fingerprint density at radius 3 is 2.81 bits per heavy atom. The van der Waals surface area contributed by atoms with Crippen LogP contribution < -0.4 is 9.47 Å². The van der Waals surface area contributed by atoms with Crippen molar-refractivity contribution in [3.8, 4) is 11.5 Å². The molecule has 0 radical (unpaired) electrons. The summed E-state index contributed by atoms with van der Waals surface area (Å²) in [6, 6.07) is 13.3. The molecule has 0 aliphatic carbocycles. The van der Waals surface area contributed by atoms with Crippen LogP contribution >= 0.6 is 0 Å². The van der Waals surface area contributed by atoms with Gasteiger partial charge in [0.25, 0.3) is 5.91 Å². The van der Waals surface area contributed by atoms with Crippen molar-refractivity contribution in [3.63, 3.8) is 0 Å². The average Bonchev–Trinajstić information content (AvgIpc) is 3.17. The van der Waals surface area contributed by atoms with Crippen LogP contribution in [-0.4, -0.2) is 48.1 Å². The molecule has 1 aromatic heterocycles. The van der Waals surface area contributed by atoms with Crippen LogP contribution in [0.2, 0.25) is 0 Å². The van der Waals surface area contributed by atoms with Crippen LogP contribution in [0.5, 0.6) is 11.5 Å². The molecule has 27 heavy (non-hydrogen) atoms. The summed E-state index contributed by atoms with van der Waals surface area (Å²) in [6.45, 7) is 1.37. The molecule has 1 aliphatic heterocycles. The van der Waals surface area contributed by atoms with Gasteiger partial charge < -0.3 is 19.4 Å². The number of aromatic nitrogens is 2. The van der Waals surface area contributed by atoms with E-state index in [9.17, 15) is 4.79 Å². The summed E-state index contributed by atoms with van der Waals surface area (Å²) in [5, 5.41) is 0. The number of hydrogen-bond acceptors (Lipinski definition) is 4. The number of aromatic amines is 1. The number of nitrogens with one attached hydrogen (secondary N) is 1. The van der Waals surface area contributed by atoms with Crippen molar-refractivity contribution in [2.24, 2.45) is 0 Å². The maximum absolute atomic E-state index is 13.2. The van der Waals surface area contributed by atoms with Crippen molar-refractivity contribution >= 4 is 16.9 Å². The van der Waals surface area contributed by atoms with Gasteiger partial charge in [-0.05, 0) is 43.2 Å². The molecule has 0 spiro atoms. The van der Waals surface area contributed by atoms with Gasteiger partial charge in [-0.3, -0.25) is 4.79 Å². The second-order valence-electron chi connectivity index (χ2n) is 6.80. The van der Waals surface area contributed by atoms with E-state index in [1.165, 1.54) is 0 Å². The fraction of sp³-hybridized carbons (Fsp3) is 0.333. The number of amides is 1. The van der Waals surface area contributed by atoms with Crippen LogP contribution in [0, 0.1) is 0 Å². The maximum atomic E-state index is 13.2. The Kier molecular flexibility index (Phi) is 4.71. The highest BCUT2D eigenvalue weighted by atomic mass is 16.5. The second-order valence-corrected chi connectivity index (χ2v) is 6.80. The SMILES string of the molecule is COc1ccc(OC)c(C(=O)N2CCC[C@@H](c3nc4ccccc4[nH]3)C2)c1. The van der Waals surface area contributed by atoms with Gasteiger partial charge in [-0.15, -0.1) is 0 Å². The van der Waals surface area contributed by atoms with Crippen LogP contribution in [0.4, 0.5) is 0 Å². The smallest absolute Gasteiger partial charge is 0.257 e. The standard InChI is InChI=1S/C21H23N3O3/c1-26-15-9-10-19(27-2)16(12-15)21(25)24-11-5-6-14(13-24)20-22-17-7-3-4-8-18(17)23-20/h3-4,7-10,12,14H,5-6,11,13H2,1-2H3,(H,22,23)/t14-/m1/s1. The zero-order chi connectivity index (χ0) is 18.8. The monoisotopic (exact) mass is 365 g/mol. The predicted molar refractivity (Wildman–Crippen MR) is 104 cm³/mol. The van der Waals surface area contributed by atoms with Crippen LogP contribution in [-0.2, 0) is 0 Å². The number of rotatable bonds is 4. The Hall–Kier alpha value is -3.02. The molecule has 0 unspecified atom stereocenters. The number of hydrogen-bond donors (Lipinski definition) is 1.